The largest absolute Gasteiger partial charge is 0.497 e. The summed E-state index contributed by atoms with van der Waals surface area (Å²) in [6.45, 7) is 2.39. The van der Waals surface area contributed by atoms with Crippen LogP contribution < -0.4 is 10.1 Å². The summed E-state index contributed by atoms with van der Waals surface area (Å²) in [6, 6.07) is 17.6. The predicted molar refractivity (Wildman–Crippen MR) is 135 cm³/mol. The Morgan fingerprint density at radius 2 is 1.73 bits per heavy atom. The number of benzene rings is 2. The topological polar surface area (TPSA) is 58.6 Å². The van der Waals surface area contributed by atoms with E-state index in [0.717, 1.165) is 42.7 Å². The van der Waals surface area contributed by atoms with Crippen LogP contribution in [0.25, 0.3) is 0 Å². The van der Waals surface area contributed by atoms with Crippen molar-refractivity contribution in [2.45, 2.75) is 69.8 Å². The van der Waals surface area contributed by atoms with Crippen molar-refractivity contribution >= 4 is 23.6 Å². The van der Waals surface area contributed by atoms with Crippen LogP contribution in [0.3, 0.4) is 0 Å². The van der Waals surface area contributed by atoms with Gasteiger partial charge in [-0.15, -0.1) is 11.8 Å². The van der Waals surface area contributed by atoms with E-state index < -0.39 is 6.04 Å². The lowest BCUT2D eigenvalue weighted by atomic mass is 9.95. The van der Waals surface area contributed by atoms with Crippen LogP contribution in [0.15, 0.2) is 54.6 Å². The van der Waals surface area contributed by atoms with Crippen molar-refractivity contribution in [3.05, 3.63) is 65.7 Å². The molecule has 1 N–H and O–H groups in total. The van der Waals surface area contributed by atoms with E-state index in [1.165, 1.54) is 12.0 Å². The van der Waals surface area contributed by atoms with Gasteiger partial charge < -0.3 is 15.0 Å². The van der Waals surface area contributed by atoms with Crippen LogP contribution in [0.4, 0.5) is 0 Å². The molecule has 1 atom stereocenters. The first kappa shape index (κ1) is 25.2. The molecule has 1 aliphatic carbocycles. The van der Waals surface area contributed by atoms with Gasteiger partial charge in [-0.1, -0.05) is 68.7 Å². The Hall–Kier alpha value is -2.47. The van der Waals surface area contributed by atoms with Gasteiger partial charge >= 0.3 is 0 Å². The van der Waals surface area contributed by atoms with Gasteiger partial charge in [0.2, 0.25) is 11.8 Å². The number of hydrogen-bond acceptors (Lipinski definition) is 4. The fraction of sp³-hybridized carbons (Fsp3) is 0.481. The average molecular weight is 469 g/mol. The number of nitrogens with one attached hydrogen (secondary N) is 1. The van der Waals surface area contributed by atoms with Crippen molar-refractivity contribution in [2.24, 2.45) is 0 Å². The van der Waals surface area contributed by atoms with Gasteiger partial charge in [0.05, 0.1) is 12.9 Å². The zero-order valence-electron chi connectivity index (χ0n) is 19.8. The third-order valence-corrected chi connectivity index (χ3v) is 7.18. The van der Waals surface area contributed by atoms with Crippen molar-refractivity contribution in [2.75, 3.05) is 12.9 Å². The Balaban J connectivity index is 1.70. The van der Waals surface area contributed by atoms with E-state index in [-0.39, 0.29) is 17.9 Å². The van der Waals surface area contributed by atoms with E-state index in [0.29, 0.717) is 18.7 Å². The number of nitrogens with zero attached hydrogens (tertiary/aromatic N) is 1. The fourth-order valence-electron chi connectivity index (χ4n) is 4.30. The van der Waals surface area contributed by atoms with Crippen molar-refractivity contribution in [1.82, 2.24) is 10.2 Å². The molecule has 0 heterocycles. The van der Waals surface area contributed by atoms with Crippen LogP contribution in [0.5, 0.6) is 5.75 Å². The van der Waals surface area contributed by atoms with Crippen molar-refractivity contribution in [1.29, 1.82) is 0 Å². The summed E-state index contributed by atoms with van der Waals surface area (Å²) in [5.41, 5.74) is 2.18. The molecule has 6 heteroatoms. The van der Waals surface area contributed by atoms with Gasteiger partial charge in [-0.2, -0.15) is 0 Å². The highest BCUT2D eigenvalue weighted by Crippen LogP contribution is 2.21. The van der Waals surface area contributed by atoms with Crippen LogP contribution in [0.2, 0.25) is 0 Å². The second-order valence-corrected chi connectivity index (χ2v) is 9.60. The molecule has 0 aromatic heterocycles. The number of carbonyl (C=O) groups excluding carboxylic acids is 2. The fourth-order valence-corrected chi connectivity index (χ4v) is 5.18. The molecular formula is C27H36N2O3S. The SMILES string of the molecule is CC[C@@H](C(=O)NC1CCCCC1)N(Cc1ccc(OC)cc1)C(=O)CSCc1ccccc1. The molecule has 1 saturated carbocycles. The number of rotatable bonds is 11. The van der Waals surface area contributed by atoms with Gasteiger partial charge in [0.1, 0.15) is 11.8 Å². The number of methoxy groups -OCH3 is 1. The Morgan fingerprint density at radius 1 is 1.03 bits per heavy atom. The zero-order chi connectivity index (χ0) is 23.5. The maximum absolute atomic E-state index is 13.4. The number of hydrogen-bond donors (Lipinski definition) is 1. The zero-order valence-corrected chi connectivity index (χ0v) is 20.6. The molecule has 0 aliphatic heterocycles. The second-order valence-electron chi connectivity index (χ2n) is 8.62. The van der Waals surface area contributed by atoms with Crippen molar-refractivity contribution < 1.29 is 14.3 Å². The maximum Gasteiger partial charge on any atom is 0.243 e. The quantitative estimate of drug-likeness (QED) is 0.493. The number of carbonyl (C=O) groups is 2. The maximum atomic E-state index is 13.4. The van der Waals surface area contributed by atoms with E-state index in [2.05, 4.69) is 17.4 Å². The van der Waals surface area contributed by atoms with Gasteiger partial charge in [-0.25, -0.2) is 0 Å². The van der Waals surface area contributed by atoms with Gasteiger partial charge in [-0.3, -0.25) is 9.59 Å². The number of amides is 2. The van der Waals surface area contributed by atoms with Gasteiger partial charge in [0, 0.05) is 18.3 Å². The monoisotopic (exact) mass is 468 g/mol. The molecular weight excluding hydrogens is 432 g/mol. The van der Waals surface area contributed by atoms with Crippen LogP contribution in [-0.4, -0.2) is 41.7 Å². The van der Waals surface area contributed by atoms with Crippen LogP contribution in [0, 0.1) is 0 Å². The lowest BCUT2D eigenvalue weighted by molar-refractivity contribution is -0.139. The Labute approximate surface area is 202 Å². The third-order valence-electron chi connectivity index (χ3n) is 6.19. The molecule has 0 spiro atoms. The first-order valence-corrected chi connectivity index (χ1v) is 13.1. The summed E-state index contributed by atoms with van der Waals surface area (Å²) in [5, 5.41) is 3.23. The molecule has 5 nitrogen and oxygen atoms in total. The first-order valence-electron chi connectivity index (χ1n) is 11.9. The van der Waals surface area contributed by atoms with Gasteiger partial charge in [0.15, 0.2) is 0 Å². The summed E-state index contributed by atoms with van der Waals surface area (Å²) < 4.78 is 5.26. The minimum absolute atomic E-state index is 0.00241. The molecule has 33 heavy (non-hydrogen) atoms. The standard InChI is InChI=1S/C27H36N2O3S/c1-3-25(27(31)28-23-12-8-5-9-13-23)29(18-21-14-16-24(32-2)17-15-21)26(30)20-33-19-22-10-6-4-7-11-22/h4,6-7,10-11,14-17,23,25H,3,5,8-9,12-13,18-20H2,1-2H3,(H,28,31)/t25-/m0/s1. The van der Waals surface area contributed by atoms with E-state index in [9.17, 15) is 9.59 Å². The molecule has 178 valence electrons. The first-order chi connectivity index (χ1) is 16.1. The summed E-state index contributed by atoms with van der Waals surface area (Å²) in [7, 11) is 1.64. The van der Waals surface area contributed by atoms with Gasteiger partial charge in [0.25, 0.3) is 0 Å². The van der Waals surface area contributed by atoms with Crippen LogP contribution in [0.1, 0.15) is 56.6 Å². The summed E-state index contributed by atoms with van der Waals surface area (Å²) in [6.07, 6.45) is 6.20. The molecule has 2 aromatic rings. The minimum Gasteiger partial charge on any atom is -0.497 e. The van der Waals surface area contributed by atoms with Crippen molar-refractivity contribution in [3.8, 4) is 5.75 Å². The highest BCUT2D eigenvalue weighted by molar-refractivity contribution is 7.99. The molecule has 0 unspecified atom stereocenters. The Morgan fingerprint density at radius 3 is 2.36 bits per heavy atom. The molecule has 1 fully saturated rings. The molecule has 2 amide bonds. The van der Waals surface area contributed by atoms with E-state index in [4.69, 9.17) is 4.74 Å². The lowest BCUT2D eigenvalue weighted by Crippen LogP contribution is -2.52. The molecule has 1 aliphatic rings. The Kier molecular flexibility index (Phi) is 10.1. The normalized spacial score (nSPS) is 15.0. The molecule has 0 radical (unpaired) electrons. The Bertz CT molecular complexity index is 867. The smallest absolute Gasteiger partial charge is 0.243 e. The molecule has 3 rings (SSSR count). The molecule has 0 bridgehead atoms. The summed E-state index contributed by atoms with van der Waals surface area (Å²) in [4.78, 5) is 28.4. The highest BCUT2D eigenvalue weighted by atomic mass is 32.2. The second kappa shape index (κ2) is 13.3. The average Bonchev–Trinajstić information content (AvgIpc) is 2.85. The van der Waals surface area contributed by atoms with E-state index in [1.54, 1.807) is 23.8 Å². The van der Waals surface area contributed by atoms with Crippen molar-refractivity contribution in [3.63, 3.8) is 0 Å². The van der Waals surface area contributed by atoms with Gasteiger partial charge in [-0.05, 0) is 42.5 Å². The predicted octanol–water partition coefficient (Wildman–Crippen LogP) is 5.18. The third kappa shape index (κ3) is 7.81. The lowest BCUT2D eigenvalue weighted by Gasteiger charge is -2.32. The molecule has 0 saturated heterocycles. The number of thioether (sulfide) groups is 1. The van der Waals surface area contributed by atoms with Crippen LogP contribution in [-0.2, 0) is 21.9 Å². The van der Waals surface area contributed by atoms with E-state index >= 15 is 0 Å². The minimum atomic E-state index is -0.473. The summed E-state index contributed by atoms with van der Waals surface area (Å²) >= 11 is 1.59. The highest BCUT2D eigenvalue weighted by Gasteiger charge is 2.30. The van der Waals surface area contributed by atoms with Crippen LogP contribution >= 0.6 is 11.8 Å². The summed E-state index contributed by atoms with van der Waals surface area (Å²) in [5.74, 6) is 1.86. The van der Waals surface area contributed by atoms with E-state index in [1.807, 2.05) is 49.4 Å². The number of ether oxygens (including phenoxy) is 1. The molecule has 2 aromatic carbocycles.